The molecule has 0 amide bonds. The van der Waals surface area contributed by atoms with Crippen LogP contribution in [0.4, 0.5) is 11.4 Å². The lowest BCUT2D eigenvalue weighted by Gasteiger charge is -2.22. The van der Waals surface area contributed by atoms with E-state index in [0.29, 0.717) is 21.8 Å². The van der Waals surface area contributed by atoms with E-state index in [1.54, 1.807) is 18.3 Å². The van der Waals surface area contributed by atoms with Gasteiger partial charge in [-0.3, -0.25) is 4.98 Å². The van der Waals surface area contributed by atoms with Gasteiger partial charge < -0.3 is 10.4 Å². The Hall–Kier alpha value is -3.66. The van der Waals surface area contributed by atoms with E-state index in [9.17, 15) is 9.90 Å². The maximum atomic E-state index is 10.9. The van der Waals surface area contributed by atoms with Crippen LogP contribution in [0.1, 0.15) is 17.2 Å². The third-order valence-corrected chi connectivity index (χ3v) is 4.90. The number of nitrogens with zero attached hydrogens (tertiary/aromatic N) is 2. The molecule has 0 fully saturated rings. The molecule has 0 aliphatic carbocycles. The van der Waals surface area contributed by atoms with Gasteiger partial charge in [0, 0.05) is 27.9 Å². The maximum Gasteiger partial charge on any atom is 0.240 e. The molecule has 0 spiro atoms. The van der Waals surface area contributed by atoms with Crippen LogP contribution >= 0.6 is 11.6 Å². The summed E-state index contributed by atoms with van der Waals surface area (Å²) in [5.41, 5.74) is 3.48. The summed E-state index contributed by atoms with van der Waals surface area (Å²) in [6.07, 6.45) is 3.18. The van der Waals surface area contributed by atoms with Crippen molar-refractivity contribution in [3.05, 3.63) is 95.1 Å². The quantitative estimate of drug-likeness (QED) is 0.329. The van der Waals surface area contributed by atoms with Crippen LogP contribution in [0.5, 0.6) is 5.75 Å². The van der Waals surface area contributed by atoms with E-state index in [1.165, 1.54) is 6.08 Å². The number of rotatable bonds is 5. The van der Waals surface area contributed by atoms with Crippen molar-refractivity contribution < 1.29 is 9.90 Å². The van der Waals surface area contributed by atoms with Crippen molar-refractivity contribution in [2.75, 3.05) is 5.32 Å². The molecule has 1 aromatic heterocycles. The van der Waals surface area contributed by atoms with Gasteiger partial charge >= 0.3 is 0 Å². The van der Waals surface area contributed by atoms with Crippen molar-refractivity contribution in [3.63, 3.8) is 0 Å². The number of aromatic hydroxyl groups is 1. The predicted molar refractivity (Wildman–Crippen MR) is 115 cm³/mol. The lowest BCUT2D eigenvalue weighted by molar-refractivity contribution is 0.472. The molecule has 142 valence electrons. The minimum Gasteiger partial charge on any atom is -0.505 e. The number of fused-ring (bicyclic) bond motifs is 1. The van der Waals surface area contributed by atoms with E-state index in [4.69, 9.17) is 11.6 Å². The van der Waals surface area contributed by atoms with E-state index in [0.717, 1.165) is 16.6 Å². The molecular formula is C23H16ClN3O2. The van der Waals surface area contributed by atoms with Gasteiger partial charge in [-0.2, -0.15) is 4.99 Å². The number of nitrogens with one attached hydrogen (secondary N) is 1. The number of hydrogen-bond acceptors (Lipinski definition) is 5. The molecule has 2 N–H and O–H groups in total. The Bertz CT molecular complexity index is 1200. The van der Waals surface area contributed by atoms with Crippen LogP contribution in [0.3, 0.4) is 0 Å². The second-order valence-corrected chi connectivity index (χ2v) is 6.89. The lowest BCUT2D eigenvalue weighted by Crippen LogP contribution is -2.12. The van der Waals surface area contributed by atoms with E-state index >= 15 is 0 Å². The Balaban J connectivity index is 1.79. The van der Waals surface area contributed by atoms with Crippen molar-refractivity contribution >= 4 is 40.0 Å². The summed E-state index contributed by atoms with van der Waals surface area (Å²) in [5, 5.41) is 15.9. The Kier molecular flexibility index (Phi) is 5.25. The van der Waals surface area contributed by atoms with Crippen molar-refractivity contribution in [1.29, 1.82) is 0 Å². The smallest absolute Gasteiger partial charge is 0.240 e. The molecule has 1 atom stereocenters. The number of halogens is 1. The van der Waals surface area contributed by atoms with E-state index in [-0.39, 0.29) is 11.8 Å². The first-order valence-electron chi connectivity index (χ1n) is 8.92. The Morgan fingerprint density at radius 1 is 1.00 bits per heavy atom. The van der Waals surface area contributed by atoms with E-state index in [1.807, 2.05) is 60.7 Å². The van der Waals surface area contributed by atoms with Gasteiger partial charge in [-0.15, -0.1) is 0 Å². The number of anilines is 1. The summed E-state index contributed by atoms with van der Waals surface area (Å²) in [6.45, 7) is 0. The number of aliphatic imine (C=N–C) groups is 1. The predicted octanol–water partition coefficient (Wildman–Crippen LogP) is 5.76. The monoisotopic (exact) mass is 401 g/mol. The molecule has 0 aliphatic rings. The van der Waals surface area contributed by atoms with Gasteiger partial charge in [0.05, 0.1) is 11.7 Å². The molecule has 0 radical (unpaired) electrons. The third-order valence-electron chi connectivity index (χ3n) is 4.65. The maximum absolute atomic E-state index is 10.9. The third kappa shape index (κ3) is 3.97. The Morgan fingerprint density at radius 2 is 1.76 bits per heavy atom. The standard InChI is InChI=1S/C23H16ClN3O2/c24-17-6-3-16(4-7-17)21(27-19-10-8-18(9-11-19)26-14-28)20-12-5-15-2-1-13-25-22(15)23(20)29/h1-13,21,27,29H. The molecule has 6 heteroatoms. The molecule has 29 heavy (non-hydrogen) atoms. The Labute approximate surface area is 172 Å². The van der Waals surface area contributed by atoms with Crippen LogP contribution in [-0.2, 0) is 4.79 Å². The fourth-order valence-corrected chi connectivity index (χ4v) is 3.35. The average Bonchev–Trinajstić information content (AvgIpc) is 2.75. The fourth-order valence-electron chi connectivity index (χ4n) is 3.23. The number of benzene rings is 3. The van der Waals surface area contributed by atoms with Crippen molar-refractivity contribution in [2.45, 2.75) is 6.04 Å². The van der Waals surface area contributed by atoms with Gasteiger partial charge in [0.25, 0.3) is 0 Å². The van der Waals surface area contributed by atoms with Crippen LogP contribution in [0.2, 0.25) is 5.02 Å². The van der Waals surface area contributed by atoms with Crippen LogP contribution in [0.15, 0.2) is 84.0 Å². The van der Waals surface area contributed by atoms with Crippen LogP contribution in [0, 0.1) is 0 Å². The van der Waals surface area contributed by atoms with E-state index in [2.05, 4.69) is 15.3 Å². The summed E-state index contributed by atoms with van der Waals surface area (Å²) in [5.74, 6) is 0.123. The van der Waals surface area contributed by atoms with Gasteiger partial charge in [0.1, 0.15) is 11.3 Å². The van der Waals surface area contributed by atoms with Crippen molar-refractivity contribution in [1.82, 2.24) is 4.98 Å². The summed E-state index contributed by atoms with van der Waals surface area (Å²) < 4.78 is 0. The minimum atomic E-state index is -0.348. The number of phenols is 1. The van der Waals surface area contributed by atoms with Crippen LogP contribution in [-0.4, -0.2) is 16.2 Å². The lowest BCUT2D eigenvalue weighted by atomic mass is 9.96. The fraction of sp³-hybridized carbons (Fsp3) is 0.0435. The first-order valence-corrected chi connectivity index (χ1v) is 9.30. The molecule has 4 aromatic rings. The van der Waals surface area contributed by atoms with Crippen LogP contribution < -0.4 is 5.32 Å². The summed E-state index contributed by atoms with van der Waals surface area (Å²) in [4.78, 5) is 18.4. The molecule has 0 bridgehead atoms. The second-order valence-electron chi connectivity index (χ2n) is 6.46. The number of phenolic OH excluding ortho intramolecular Hbond substituents is 1. The first kappa shape index (κ1) is 18.7. The highest BCUT2D eigenvalue weighted by atomic mass is 35.5. The molecule has 0 saturated carbocycles. The zero-order chi connectivity index (χ0) is 20.2. The zero-order valence-corrected chi connectivity index (χ0v) is 16.0. The molecular weight excluding hydrogens is 386 g/mol. The largest absolute Gasteiger partial charge is 0.505 e. The number of carbonyl (C=O) groups excluding carboxylic acids is 1. The van der Waals surface area contributed by atoms with Crippen molar-refractivity contribution in [3.8, 4) is 5.75 Å². The van der Waals surface area contributed by atoms with Crippen LogP contribution in [0.25, 0.3) is 10.9 Å². The molecule has 0 saturated heterocycles. The molecule has 1 heterocycles. The zero-order valence-electron chi connectivity index (χ0n) is 15.2. The summed E-state index contributed by atoms with van der Waals surface area (Å²) >= 11 is 6.06. The highest BCUT2D eigenvalue weighted by molar-refractivity contribution is 6.30. The van der Waals surface area contributed by atoms with Gasteiger partial charge in [0.15, 0.2) is 0 Å². The normalized spacial score (nSPS) is 11.6. The first-order chi connectivity index (χ1) is 14.2. The van der Waals surface area contributed by atoms with E-state index < -0.39 is 0 Å². The van der Waals surface area contributed by atoms with Gasteiger partial charge in [-0.25, -0.2) is 4.79 Å². The summed E-state index contributed by atoms with van der Waals surface area (Å²) in [7, 11) is 0. The highest BCUT2D eigenvalue weighted by Crippen LogP contribution is 2.37. The van der Waals surface area contributed by atoms with Gasteiger partial charge in [-0.05, 0) is 48.0 Å². The molecule has 1 unspecified atom stereocenters. The average molecular weight is 402 g/mol. The molecule has 4 rings (SSSR count). The van der Waals surface area contributed by atoms with Crippen molar-refractivity contribution in [2.24, 2.45) is 4.99 Å². The summed E-state index contributed by atoms with van der Waals surface area (Å²) in [6, 6.07) is 21.7. The number of pyridine rings is 1. The SMILES string of the molecule is O=C=Nc1ccc(NC(c2ccc(Cl)cc2)c2ccc3cccnc3c2O)cc1. The van der Waals surface area contributed by atoms with Gasteiger partial charge in [-0.1, -0.05) is 41.9 Å². The molecule has 5 nitrogen and oxygen atoms in total. The molecule has 3 aromatic carbocycles. The number of isocyanates is 1. The number of aromatic nitrogens is 1. The minimum absolute atomic E-state index is 0.123. The topological polar surface area (TPSA) is 74.6 Å². The second kappa shape index (κ2) is 8.15. The Morgan fingerprint density at radius 3 is 2.48 bits per heavy atom. The molecule has 0 aliphatic heterocycles. The number of hydrogen-bond donors (Lipinski definition) is 2. The van der Waals surface area contributed by atoms with Gasteiger partial charge in [0.2, 0.25) is 6.08 Å². The highest BCUT2D eigenvalue weighted by Gasteiger charge is 2.20.